The summed E-state index contributed by atoms with van der Waals surface area (Å²) in [6.45, 7) is 14.0. The molecule has 0 unspecified atom stereocenters. The van der Waals surface area contributed by atoms with E-state index in [1.807, 2.05) is 17.8 Å². The van der Waals surface area contributed by atoms with Crippen LogP contribution in [0.2, 0.25) is 0 Å². The molecule has 0 heterocycles. The Kier molecular flexibility index (Phi) is 11.7. The normalized spacial score (nSPS) is 12.4. The summed E-state index contributed by atoms with van der Waals surface area (Å²) < 4.78 is 12.3. The lowest BCUT2D eigenvalue weighted by Gasteiger charge is -2.37. The standard InChI is InChI=1S/C35H46O2S/c1-6-7-8-18-27-36-33(2,3)25-28-37-34(4,5)26-29-38-35(30-19-12-9-13-20-30,31-21-14-10-15-22-31)32-23-16-11-17-24-32/h6,9-17,19-24H,1,7-8,18,25-29H2,2-5H3. The summed E-state index contributed by atoms with van der Waals surface area (Å²) in [6.07, 6.45) is 7.08. The minimum Gasteiger partial charge on any atom is -0.375 e. The van der Waals surface area contributed by atoms with Gasteiger partial charge >= 0.3 is 0 Å². The first-order valence-electron chi connectivity index (χ1n) is 14.0. The van der Waals surface area contributed by atoms with Crippen molar-refractivity contribution >= 4 is 11.8 Å². The van der Waals surface area contributed by atoms with Crippen LogP contribution in [0.3, 0.4) is 0 Å². The smallest absolute Gasteiger partial charge is 0.0906 e. The summed E-state index contributed by atoms with van der Waals surface area (Å²) in [5.74, 6) is 0.967. The molecule has 0 amide bonds. The van der Waals surface area contributed by atoms with Crippen LogP contribution in [0.4, 0.5) is 0 Å². The highest BCUT2D eigenvalue weighted by Gasteiger charge is 2.37. The van der Waals surface area contributed by atoms with Crippen molar-refractivity contribution in [3.63, 3.8) is 0 Å². The van der Waals surface area contributed by atoms with Gasteiger partial charge in [0.2, 0.25) is 0 Å². The highest BCUT2D eigenvalue weighted by molar-refractivity contribution is 8.00. The maximum absolute atomic E-state index is 6.44. The third-order valence-corrected chi connectivity index (χ3v) is 8.60. The largest absolute Gasteiger partial charge is 0.375 e. The molecule has 0 bridgehead atoms. The number of hydrogen-bond donors (Lipinski definition) is 0. The van der Waals surface area contributed by atoms with Gasteiger partial charge in [-0.25, -0.2) is 0 Å². The Hall–Kier alpha value is -2.33. The molecule has 0 saturated carbocycles. The molecule has 0 radical (unpaired) electrons. The molecule has 0 saturated heterocycles. The van der Waals surface area contributed by atoms with Crippen LogP contribution in [0, 0.1) is 0 Å². The Morgan fingerprint density at radius 2 is 1.08 bits per heavy atom. The van der Waals surface area contributed by atoms with Crippen molar-refractivity contribution < 1.29 is 9.47 Å². The van der Waals surface area contributed by atoms with Crippen LogP contribution >= 0.6 is 11.8 Å². The summed E-state index contributed by atoms with van der Waals surface area (Å²) in [6, 6.07) is 32.7. The predicted molar refractivity (Wildman–Crippen MR) is 165 cm³/mol. The zero-order chi connectivity index (χ0) is 27.3. The summed E-state index contributed by atoms with van der Waals surface area (Å²) in [4.78, 5) is 0. The minimum absolute atomic E-state index is 0.178. The van der Waals surface area contributed by atoms with Gasteiger partial charge in [-0.1, -0.05) is 97.1 Å². The van der Waals surface area contributed by atoms with E-state index in [9.17, 15) is 0 Å². The topological polar surface area (TPSA) is 18.5 Å². The quantitative estimate of drug-likeness (QED) is 0.0983. The monoisotopic (exact) mass is 530 g/mol. The Labute approximate surface area is 235 Å². The lowest BCUT2D eigenvalue weighted by molar-refractivity contribution is -0.0731. The van der Waals surface area contributed by atoms with Gasteiger partial charge in [0.1, 0.15) is 0 Å². The van der Waals surface area contributed by atoms with E-state index in [2.05, 4.69) is 125 Å². The van der Waals surface area contributed by atoms with Crippen LogP contribution in [0.5, 0.6) is 0 Å². The van der Waals surface area contributed by atoms with Gasteiger partial charge in [0.25, 0.3) is 0 Å². The third kappa shape index (κ3) is 8.86. The molecule has 2 nitrogen and oxygen atoms in total. The van der Waals surface area contributed by atoms with Crippen molar-refractivity contribution in [3.05, 3.63) is 120 Å². The Balaban J connectivity index is 1.67. The molecule has 0 fully saturated rings. The first-order chi connectivity index (χ1) is 18.3. The summed E-state index contributed by atoms with van der Waals surface area (Å²) in [5.41, 5.74) is 3.50. The van der Waals surface area contributed by atoms with Crippen LogP contribution in [0.1, 0.15) is 76.5 Å². The van der Waals surface area contributed by atoms with Crippen molar-refractivity contribution in [2.75, 3.05) is 19.0 Å². The van der Waals surface area contributed by atoms with Crippen LogP contribution in [0.15, 0.2) is 104 Å². The maximum Gasteiger partial charge on any atom is 0.0906 e. The molecule has 204 valence electrons. The van der Waals surface area contributed by atoms with Gasteiger partial charge in [0, 0.05) is 6.61 Å². The van der Waals surface area contributed by atoms with E-state index in [4.69, 9.17) is 9.47 Å². The third-order valence-electron chi connectivity index (χ3n) is 7.06. The molecular formula is C35H46O2S. The second-order valence-electron chi connectivity index (χ2n) is 11.1. The van der Waals surface area contributed by atoms with Gasteiger partial charge in [0.15, 0.2) is 0 Å². The number of allylic oxidation sites excluding steroid dienone is 1. The van der Waals surface area contributed by atoms with Gasteiger partial charge < -0.3 is 9.47 Å². The van der Waals surface area contributed by atoms with E-state index in [0.29, 0.717) is 6.61 Å². The maximum atomic E-state index is 6.44. The van der Waals surface area contributed by atoms with Crippen molar-refractivity contribution in [3.8, 4) is 0 Å². The van der Waals surface area contributed by atoms with Gasteiger partial charge in [-0.15, -0.1) is 18.3 Å². The van der Waals surface area contributed by atoms with E-state index in [1.165, 1.54) is 16.7 Å². The molecule has 3 aromatic rings. The van der Waals surface area contributed by atoms with E-state index < -0.39 is 0 Å². The number of unbranched alkanes of at least 4 members (excludes halogenated alkanes) is 2. The van der Waals surface area contributed by atoms with Gasteiger partial charge in [-0.3, -0.25) is 0 Å². The average Bonchev–Trinajstić information content (AvgIpc) is 2.92. The van der Waals surface area contributed by atoms with Crippen molar-refractivity contribution in [1.29, 1.82) is 0 Å². The molecule has 0 aliphatic heterocycles. The average molecular weight is 531 g/mol. The number of thioether (sulfide) groups is 1. The zero-order valence-electron chi connectivity index (χ0n) is 23.8. The predicted octanol–water partition coefficient (Wildman–Crippen LogP) is 9.44. The fourth-order valence-corrected chi connectivity index (χ4v) is 6.48. The lowest BCUT2D eigenvalue weighted by atomic mass is 9.84. The Morgan fingerprint density at radius 3 is 1.55 bits per heavy atom. The van der Waals surface area contributed by atoms with Crippen molar-refractivity contribution in [2.24, 2.45) is 0 Å². The molecule has 38 heavy (non-hydrogen) atoms. The number of benzene rings is 3. The van der Waals surface area contributed by atoms with Gasteiger partial charge in [0.05, 0.1) is 22.6 Å². The van der Waals surface area contributed by atoms with Gasteiger partial charge in [-0.2, -0.15) is 0 Å². The Bertz CT molecular complexity index is 964. The van der Waals surface area contributed by atoms with E-state index in [1.54, 1.807) is 0 Å². The first-order valence-corrected chi connectivity index (χ1v) is 15.0. The summed E-state index contributed by atoms with van der Waals surface area (Å²) >= 11 is 2.00. The van der Waals surface area contributed by atoms with Crippen LogP contribution in [0.25, 0.3) is 0 Å². The fourth-order valence-electron chi connectivity index (χ4n) is 4.68. The zero-order valence-corrected chi connectivity index (χ0v) is 24.6. The molecule has 3 aromatic carbocycles. The molecule has 3 heteroatoms. The summed E-state index contributed by atoms with van der Waals surface area (Å²) in [5, 5.41) is 0. The first kappa shape index (κ1) is 30.2. The van der Waals surface area contributed by atoms with Crippen LogP contribution in [-0.2, 0) is 14.2 Å². The number of hydrogen-bond acceptors (Lipinski definition) is 3. The lowest BCUT2D eigenvalue weighted by Crippen LogP contribution is -2.32. The summed E-state index contributed by atoms with van der Waals surface area (Å²) in [7, 11) is 0. The second-order valence-corrected chi connectivity index (χ2v) is 12.4. The van der Waals surface area contributed by atoms with E-state index in [-0.39, 0.29) is 15.9 Å². The van der Waals surface area contributed by atoms with E-state index in [0.717, 1.165) is 44.5 Å². The molecular weight excluding hydrogens is 484 g/mol. The Morgan fingerprint density at radius 1 is 0.632 bits per heavy atom. The minimum atomic E-state index is -0.290. The fraction of sp³-hybridized carbons (Fsp3) is 0.429. The molecule has 0 aliphatic rings. The highest BCUT2D eigenvalue weighted by Crippen LogP contribution is 2.49. The SMILES string of the molecule is C=CCCCCOC(C)(C)CCOC(C)(C)CCSC(c1ccccc1)(c1ccccc1)c1ccccc1. The van der Waals surface area contributed by atoms with Crippen LogP contribution in [-0.4, -0.2) is 30.2 Å². The highest BCUT2D eigenvalue weighted by atomic mass is 32.2. The molecule has 0 aromatic heterocycles. The molecule has 0 atom stereocenters. The molecule has 0 aliphatic carbocycles. The van der Waals surface area contributed by atoms with Crippen LogP contribution < -0.4 is 0 Å². The molecule has 0 spiro atoms. The second kappa shape index (κ2) is 14.7. The van der Waals surface area contributed by atoms with E-state index >= 15 is 0 Å². The van der Waals surface area contributed by atoms with Crippen molar-refractivity contribution in [1.82, 2.24) is 0 Å². The number of rotatable bonds is 17. The van der Waals surface area contributed by atoms with Gasteiger partial charge in [-0.05, 0) is 82.2 Å². The molecule has 0 N–H and O–H groups in total. The number of ether oxygens (including phenoxy) is 2. The van der Waals surface area contributed by atoms with Crippen molar-refractivity contribution in [2.45, 2.75) is 75.7 Å². The molecule has 3 rings (SSSR count).